The van der Waals surface area contributed by atoms with Gasteiger partial charge in [-0.2, -0.15) is 0 Å². The lowest BCUT2D eigenvalue weighted by Crippen LogP contribution is -2.39. The van der Waals surface area contributed by atoms with Gasteiger partial charge in [-0.05, 0) is 62.4 Å². The summed E-state index contributed by atoms with van der Waals surface area (Å²) in [6.07, 6.45) is 3.76. The highest BCUT2D eigenvalue weighted by Crippen LogP contribution is 2.25. The topological polar surface area (TPSA) is 52.7 Å². The Balaban J connectivity index is 0.00000280. The van der Waals surface area contributed by atoms with E-state index in [1.807, 2.05) is 9.80 Å². The Hall–Kier alpha value is -1.30. The number of hydrogen-bond donors (Lipinski definition) is 1. The number of halogens is 2. The Morgan fingerprint density at radius 3 is 2.54 bits per heavy atom. The molecule has 156 valence electrons. The van der Waals surface area contributed by atoms with Gasteiger partial charge in [0, 0.05) is 43.2 Å². The maximum atomic E-state index is 12.8. The number of carbonyl (C=O) groups is 2. The van der Waals surface area contributed by atoms with E-state index in [9.17, 15) is 9.59 Å². The van der Waals surface area contributed by atoms with Gasteiger partial charge >= 0.3 is 0 Å². The van der Waals surface area contributed by atoms with E-state index in [-0.39, 0.29) is 24.2 Å². The molecule has 0 bridgehead atoms. The quantitative estimate of drug-likeness (QED) is 0.799. The first-order chi connectivity index (χ1) is 13.0. The second kappa shape index (κ2) is 11.0. The number of nitrogens with one attached hydrogen (secondary N) is 1. The van der Waals surface area contributed by atoms with Gasteiger partial charge in [-0.1, -0.05) is 24.6 Å². The van der Waals surface area contributed by atoms with E-state index < -0.39 is 0 Å². The van der Waals surface area contributed by atoms with Gasteiger partial charge in [0.2, 0.25) is 5.91 Å². The van der Waals surface area contributed by atoms with Crippen molar-refractivity contribution in [1.82, 2.24) is 15.1 Å². The van der Waals surface area contributed by atoms with Crippen LogP contribution < -0.4 is 5.32 Å². The average molecular weight is 428 g/mol. The third-order valence-electron chi connectivity index (χ3n) is 5.89. The van der Waals surface area contributed by atoms with Crippen LogP contribution >= 0.6 is 24.0 Å². The highest BCUT2D eigenvalue weighted by atomic mass is 35.5. The van der Waals surface area contributed by atoms with Gasteiger partial charge in [0.1, 0.15) is 0 Å². The summed E-state index contributed by atoms with van der Waals surface area (Å²) in [6, 6.07) is 7.07. The van der Waals surface area contributed by atoms with Gasteiger partial charge in [0.05, 0.1) is 0 Å². The van der Waals surface area contributed by atoms with Crippen LogP contribution in [-0.2, 0) is 4.79 Å². The molecule has 2 heterocycles. The van der Waals surface area contributed by atoms with E-state index in [1.54, 1.807) is 24.3 Å². The highest BCUT2D eigenvalue weighted by Gasteiger charge is 2.26. The molecule has 7 heteroatoms. The minimum Gasteiger partial charge on any atom is -0.341 e. The number of piperidine rings is 1. The van der Waals surface area contributed by atoms with Gasteiger partial charge < -0.3 is 15.1 Å². The first-order valence-corrected chi connectivity index (χ1v) is 10.5. The number of rotatable bonds is 4. The molecule has 2 fully saturated rings. The third kappa shape index (κ3) is 6.10. The second-order valence-corrected chi connectivity index (χ2v) is 8.24. The fourth-order valence-corrected chi connectivity index (χ4v) is 4.35. The van der Waals surface area contributed by atoms with Crippen LogP contribution in [0.5, 0.6) is 0 Å². The maximum absolute atomic E-state index is 12.8. The predicted octanol–water partition coefficient (Wildman–Crippen LogP) is 3.46. The van der Waals surface area contributed by atoms with Crippen LogP contribution in [0.3, 0.4) is 0 Å². The van der Waals surface area contributed by atoms with E-state index in [4.69, 9.17) is 11.6 Å². The molecule has 1 aromatic rings. The second-order valence-electron chi connectivity index (χ2n) is 7.81. The van der Waals surface area contributed by atoms with Gasteiger partial charge in [-0.3, -0.25) is 9.59 Å². The molecule has 0 saturated carbocycles. The number of carbonyl (C=O) groups excluding carboxylic acids is 2. The zero-order valence-electron chi connectivity index (χ0n) is 16.5. The lowest BCUT2D eigenvalue weighted by Gasteiger charge is -2.30. The Morgan fingerprint density at radius 2 is 1.82 bits per heavy atom. The molecule has 0 aromatic heterocycles. The molecule has 2 aliphatic rings. The summed E-state index contributed by atoms with van der Waals surface area (Å²) in [7, 11) is 0. The van der Waals surface area contributed by atoms with E-state index in [0.29, 0.717) is 48.5 Å². The van der Waals surface area contributed by atoms with E-state index in [0.717, 1.165) is 38.9 Å². The summed E-state index contributed by atoms with van der Waals surface area (Å²) in [4.78, 5) is 29.3. The van der Waals surface area contributed by atoms with Crippen LogP contribution in [0.25, 0.3) is 0 Å². The molecular formula is C21H31Cl2N3O2. The first kappa shape index (κ1) is 23.0. The molecule has 28 heavy (non-hydrogen) atoms. The van der Waals surface area contributed by atoms with Gasteiger partial charge in [0.25, 0.3) is 5.91 Å². The largest absolute Gasteiger partial charge is 0.341 e. The van der Waals surface area contributed by atoms with Gasteiger partial charge in [-0.15, -0.1) is 12.4 Å². The number of hydrogen-bond acceptors (Lipinski definition) is 3. The van der Waals surface area contributed by atoms with Gasteiger partial charge in [-0.25, -0.2) is 0 Å². The van der Waals surface area contributed by atoms with Crippen molar-refractivity contribution in [3.8, 4) is 0 Å². The molecule has 0 aliphatic carbocycles. The molecule has 0 radical (unpaired) electrons. The maximum Gasteiger partial charge on any atom is 0.253 e. The van der Waals surface area contributed by atoms with Crippen molar-refractivity contribution in [2.45, 2.75) is 32.6 Å². The van der Waals surface area contributed by atoms with Crippen molar-refractivity contribution in [3.63, 3.8) is 0 Å². The fourth-order valence-electron chi connectivity index (χ4n) is 4.16. The standard InChI is InChI=1S/C21H30ClN3O2.ClH/c1-16(17-6-8-23-9-7-17)14-20(26)24-10-3-11-25(13-12-24)21(27)18-4-2-5-19(22)15-18;/h2,4-5,15-17,23H,3,6-14H2,1H3;1H. The summed E-state index contributed by atoms with van der Waals surface area (Å²) < 4.78 is 0. The lowest BCUT2D eigenvalue weighted by molar-refractivity contribution is -0.132. The van der Waals surface area contributed by atoms with E-state index in [1.165, 1.54) is 0 Å². The number of benzene rings is 1. The minimum atomic E-state index is -0.00475. The molecule has 1 N–H and O–H groups in total. The third-order valence-corrected chi connectivity index (χ3v) is 6.13. The molecule has 0 spiro atoms. The van der Waals surface area contributed by atoms with Crippen molar-refractivity contribution in [2.75, 3.05) is 39.3 Å². The fraction of sp³-hybridized carbons (Fsp3) is 0.619. The van der Waals surface area contributed by atoms with Crippen LogP contribution in [0.1, 0.15) is 43.0 Å². The highest BCUT2D eigenvalue weighted by molar-refractivity contribution is 6.30. The van der Waals surface area contributed by atoms with Crippen LogP contribution in [0.15, 0.2) is 24.3 Å². The zero-order chi connectivity index (χ0) is 19.2. The van der Waals surface area contributed by atoms with Crippen LogP contribution in [0, 0.1) is 11.8 Å². The predicted molar refractivity (Wildman–Crippen MR) is 115 cm³/mol. The summed E-state index contributed by atoms with van der Waals surface area (Å²) in [5.41, 5.74) is 0.613. The minimum absolute atomic E-state index is 0. The molecule has 2 aliphatic heterocycles. The summed E-state index contributed by atoms with van der Waals surface area (Å²) in [5.74, 6) is 1.29. The SMILES string of the molecule is CC(CC(=O)N1CCCN(C(=O)c2cccc(Cl)c2)CC1)C1CCNCC1.Cl. The molecule has 2 amide bonds. The Kier molecular flexibility index (Phi) is 9.06. The normalized spacial score (nSPS) is 19.5. The van der Waals surface area contributed by atoms with Crippen molar-refractivity contribution >= 4 is 35.8 Å². The molecule has 2 saturated heterocycles. The number of amides is 2. The van der Waals surface area contributed by atoms with Crippen LogP contribution in [-0.4, -0.2) is 60.9 Å². The van der Waals surface area contributed by atoms with Crippen molar-refractivity contribution in [3.05, 3.63) is 34.9 Å². The van der Waals surface area contributed by atoms with E-state index >= 15 is 0 Å². The van der Waals surface area contributed by atoms with Crippen LogP contribution in [0.4, 0.5) is 0 Å². The lowest BCUT2D eigenvalue weighted by atomic mass is 9.84. The Labute approximate surface area is 179 Å². The summed E-state index contributed by atoms with van der Waals surface area (Å²) in [6.45, 7) is 6.95. The van der Waals surface area contributed by atoms with Gasteiger partial charge in [0.15, 0.2) is 0 Å². The molecular weight excluding hydrogens is 397 g/mol. The molecule has 1 atom stereocenters. The zero-order valence-corrected chi connectivity index (χ0v) is 18.1. The number of nitrogens with zero attached hydrogens (tertiary/aromatic N) is 2. The van der Waals surface area contributed by atoms with Crippen molar-refractivity contribution < 1.29 is 9.59 Å². The van der Waals surface area contributed by atoms with Crippen LogP contribution in [0.2, 0.25) is 5.02 Å². The average Bonchev–Trinajstić information content (AvgIpc) is 2.94. The van der Waals surface area contributed by atoms with Crippen molar-refractivity contribution in [1.29, 1.82) is 0 Å². The monoisotopic (exact) mass is 427 g/mol. The molecule has 3 rings (SSSR count). The molecule has 1 unspecified atom stereocenters. The molecule has 5 nitrogen and oxygen atoms in total. The van der Waals surface area contributed by atoms with E-state index in [2.05, 4.69) is 12.2 Å². The van der Waals surface area contributed by atoms with Crippen molar-refractivity contribution in [2.24, 2.45) is 11.8 Å². The Morgan fingerprint density at radius 1 is 1.14 bits per heavy atom. The summed E-state index contributed by atoms with van der Waals surface area (Å²) in [5, 5.41) is 3.95. The summed E-state index contributed by atoms with van der Waals surface area (Å²) >= 11 is 6.01. The molecule has 1 aromatic carbocycles. The smallest absolute Gasteiger partial charge is 0.253 e. The first-order valence-electron chi connectivity index (χ1n) is 10.1. The Bertz CT molecular complexity index is 665.